The fraction of sp³-hybridized carbons (Fsp3) is 0.257. The SMILES string of the molecule is COc1cccc(CCNC(=O)[C@]2(Cc3ccccc3N=[N+]=[N-])N=C(c3ccc(OCCCO)cc3)O[C@@H]2c2ccccc2)c1. The molecular weight excluding hydrogens is 570 g/mol. The van der Waals surface area contributed by atoms with Gasteiger partial charge in [-0.2, -0.15) is 0 Å². The third kappa shape index (κ3) is 7.44. The van der Waals surface area contributed by atoms with Gasteiger partial charge in [0.05, 0.1) is 13.7 Å². The monoisotopic (exact) mass is 605 g/mol. The zero-order valence-electron chi connectivity index (χ0n) is 25.0. The maximum atomic E-state index is 14.4. The Morgan fingerprint density at radius 1 is 1.02 bits per heavy atom. The van der Waals surface area contributed by atoms with Crippen LogP contribution in [-0.4, -0.2) is 49.3 Å². The number of amides is 1. The van der Waals surface area contributed by atoms with Crippen molar-refractivity contribution in [3.8, 4) is 11.5 Å². The van der Waals surface area contributed by atoms with Gasteiger partial charge in [0, 0.05) is 42.2 Å². The van der Waals surface area contributed by atoms with Gasteiger partial charge in [0.2, 0.25) is 5.90 Å². The van der Waals surface area contributed by atoms with Gasteiger partial charge in [-0.3, -0.25) is 4.79 Å². The smallest absolute Gasteiger partial charge is 0.252 e. The second-order valence-corrected chi connectivity index (χ2v) is 10.6. The molecule has 0 spiro atoms. The molecule has 0 aromatic heterocycles. The molecular formula is C35H35N5O5. The lowest BCUT2D eigenvalue weighted by atomic mass is 9.81. The van der Waals surface area contributed by atoms with Gasteiger partial charge in [-0.1, -0.05) is 71.8 Å². The number of benzene rings is 4. The average Bonchev–Trinajstić information content (AvgIpc) is 3.47. The van der Waals surface area contributed by atoms with E-state index in [1.165, 1.54) is 0 Å². The number of rotatable bonds is 14. The lowest BCUT2D eigenvalue weighted by Gasteiger charge is -2.31. The van der Waals surface area contributed by atoms with E-state index in [1.807, 2.05) is 78.9 Å². The molecule has 0 unspecified atom stereocenters. The van der Waals surface area contributed by atoms with E-state index in [1.54, 1.807) is 31.4 Å². The van der Waals surface area contributed by atoms with Gasteiger partial charge < -0.3 is 24.6 Å². The Morgan fingerprint density at radius 3 is 2.56 bits per heavy atom. The maximum absolute atomic E-state index is 14.4. The number of ether oxygens (including phenoxy) is 3. The summed E-state index contributed by atoms with van der Waals surface area (Å²) in [5.74, 6) is 1.40. The highest BCUT2D eigenvalue weighted by Crippen LogP contribution is 2.43. The number of aliphatic hydroxyl groups excluding tert-OH is 1. The van der Waals surface area contributed by atoms with Crippen molar-refractivity contribution < 1.29 is 24.1 Å². The molecule has 0 radical (unpaired) electrons. The molecule has 0 saturated carbocycles. The van der Waals surface area contributed by atoms with Gasteiger partial charge in [0.25, 0.3) is 5.91 Å². The number of methoxy groups -OCH3 is 1. The van der Waals surface area contributed by atoms with Crippen LogP contribution in [-0.2, 0) is 22.4 Å². The number of nitrogens with one attached hydrogen (secondary N) is 1. The Labute approximate surface area is 261 Å². The van der Waals surface area contributed by atoms with Gasteiger partial charge in [-0.15, -0.1) is 0 Å². The van der Waals surface area contributed by atoms with Crippen LogP contribution in [0.15, 0.2) is 113 Å². The third-order valence-electron chi connectivity index (χ3n) is 7.57. The van der Waals surface area contributed by atoms with Crippen LogP contribution in [0.2, 0.25) is 0 Å². The highest BCUT2D eigenvalue weighted by molar-refractivity contribution is 6.01. The van der Waals surface area contributed by atoms with Crippen molar-refractivity contribution in [1.82, 2.24) is 5.32 Å². The van der Waals surface area contributed by atoms with Crippen molar-refractivity contribution >= 4 is 17.5 Å². The zero-order valence-corrected chi connectivity index (χ0v) is 25.0. The molecule has 0 aliphatic carbocycles. The topological polar surface area (TPSA) is 138 Å². The van der Waals surface area contributed by atoms with Crippen molar-refractivity contribution in [1.29, 1.82) is 0 Å². The number of carbonyl (C=O) groups is 1. The normalized spacial score (nSPS) is 17.0. The Balaban J connectivity index is 1.53. The second-order valence-electron chi connectivity index (χ2n) is 10.6. The van der Waals surface area contributed by atoms with Crippen LogP contribution in [0, 0.1) is 0 Å². The molecule has 1 aliphatic heterocycles. The summed E-state index contributed by atoms with van der Waals surface area (Å²) in [4.78, 5) is 22.5. The van der Waals surface area contributed by atoms with Gasteiger partial charge in [-0.25, -0.2) is 4.99 Å². The van der Waals surface area contributed by atoms with E-state index in [4.69, 9.17) is 24.3 Å². The van der Waals surface area contributed by atoms with Gasteiger partial charge in [-0.05, 0) is 65.0 Å². The van der Waals surface area contributed by atoms with E-state index in [9.17, 15) is 10.3 Å². The standard InChI is InChI=1S/C35H35N5O5/c1-43-30-13-7-9-25(23-30)19-20-37-34(42)35(24-28-12-5-6-14-31(28)39-40-36)32(26-10-3-2-4-11-26)45-33(38-35)27-15-17-29(18-16-27)44-22-8-21-41/h2-7,9-18,23,32,41H,8,19-22,24H2,1H3,(H,37,42)/t32-,35-/m1/s1. The van der Waals surface area contributed by atoms with E-state index >= 15 is 0 Å². The minimum atomic E-state index is -1.43. The van der Waals surface area contributed by atoms with Crippen molar-refractivity contribution in [2.75, 3.05) is 26.9 Å². The molecule has 0 bridgehead atoms. The summed E-state index contributed by atoms with van der Waals surface area (Å²) in [5, 5.41) is 16.1. The molecule has 45 heavy (non-hydrogen) atoms. The Kier molecular flexibility index (Phi) is 10.3. The molecule has 230 valence electrons. The highest BCUT2D eigenvalue weighted by Gasteiger charge is 2.53. The van der Waals surface area contributed by atoms with Crippen LogP contribution in [0.4, 0.5) is 5.69 Å². The van der Waals surface area contributed by atoms with Crippen LogP contribution in [0.1, 0.15) is 34.8 Å². The molecule has 4 aromatic rings. The number of nitrogens with zero attached hydrogens (tertiary/aromatic N) is 4. The van der Waals surface area contributed by atoms with Crippen LogP contribution >= 0.6 is 0 Å². The fourth-order valence-corrected chi connectivity index (χ4v) is 5.31. The van der Waals surface area contributed by atoms with E-state index in [2.05, 4.69) is 15.3 Å². The van der Waals surface area contributed by atoms with Crippen LogP contribution < -0.4 is 14.8 Å². The predicted molar refractivity (Wildman–Crippen MR) is 172 cm³/mol. The molecule has 4 aromatic carbocycles. The van der Waals surface area contributed by atoms with Crippen molar-refractivity contribution in [3.63, 3.8) is 0 Å². The van der Waals surface area contributed by atoms with Gasteiger partial charge in [0.1, 0.15) is 11.5 Å². The van der Waals surface area contributed by atoms with Gasteiger partial charge >= 0.3 is 0 Å². The molecule has 0 fully saturated rings. The van der Waals surface area contributed by atoms with E-state index in [0.29, 0.717) is 54.5 Å². The fourth-order valence-electron chi connectivity index (χ4n) is 5.31. The highest BCUT2D eigenvalue weighted by atomic mass is 16.5. The molecule has 5 rings (SSSR count). The lowest BCUT2D eigenvalue weighted by Crippen LogP contribution is -2.50. The number of aliphatic hydroxyl groups is 1. The van der Waals surface area contributed by atoms with Crippen LogP contribution in [0.5, 0.6) is 11.5 Å². The van der Waals surface area contributed by atoms with Crippen molar-refractivity contribution in [3.05, 3.63) is 136 Å². The summed E-state index contributed by atoms with van der Waals surface area (Å²) in [6.45, 7) is 0.807. The first-order valence-corrected chi connectivity index (χ1v) is 14.8. The maximum Gasteiger partial charge on any atom is 0.252 e. The molecule has 2 N–H and O–H groups in total. The minimum Gasteiger partial charge on any atom is -0.497 e. The molecule has 0 saturated heterocycles. The third-order valence-corrected chi connectivity index (χ3v) is 7.57. The first-order chi connectivity index (χ1) is 22.1. The molecule has 2 atom stereocenters. The predicted octanol–water partition coefficient (Wildman–Crippen LogP) is 6.26. The van der Waals surface area contributed by atoms with Gasteiger partial charge in [0.15, 0.2) is 11.6 Å². The van der Waals surface area contributed by atoms with Crippen molar-refractivity contribution in [2.45, 2.75) is 30.9 Å². The number of hydrogen-bond donors (Lipinski definition) is 2. The number of azide groups is 1. The Morgan fingerprint density at radius 2 is 1.80 bits per heavy atom. The number of aliphatic imine (C=N–C) groups is 1. The average molecular weight is 606 g/mol. The summed E-state index contributed by atoms with van der Waals surface area (Å²) in [7, 11) is 1.62. The lowest BCUT2D eigenvalue weighted by molar-refractivity contribution is -0.128. The van der Waals surface area contributed by atoms with E-state index < -0.39 is 11.6 Å². The van der Waals surface area contributed by atoms with Crippen LogP contribution in [0.3, 0.4) is 0 Å². The van der Waals surface area contributed by atoms with E-state index in [0.717, 1.165) is 16.9 Å². The number of hydrogen-bond acceptors (Lipinski definition) is 7. The Bertz CT molecular complexity index is 1670. The zero-order chi connectivity index (χ0) is 31.5. The summed E-state index contributed by atoms with van der Waals surface area (Å²) < 4.78 is 17.6. The summed E-state index contributed by atoms with van der Waals surface area (Å²) in [6.07, 6.45) is 0.464. The van der Waals surface area contributed by atoms with Crippen molar-refractivity contribution in [2.24, 2.45) is 10.1 Å². The first kappa shape index (κ1) is 31.1. The van der Waals surface area contributed by atoms with Crippen LogP contribution in [0.25, 0.3) is 10.4 Å². The molecule has 1 heterocycles. The largest absolute Gasteiger partial charge is 0.497 e. The molecule has 10 heteroatoms. The second kappa shape index (κ2) is 14.9. The minimum absolute atomic E-state index is 0.0517. The summed E-state index contributed by atoms with van der Waals surface area (Å²) in [5.41, 5.74) is 11.4. The first-order valence-electron chi connectivity index (χ1n) is 14.8. The van der Waals surface area contributed by atoms with E-state index in [-0.39, 0.29) is 18.9 Å². The number of carbonyl (C=O) groups excluding carboxylic acids is 1. The Hall–Kier alpha value is -5.31. The molecule has 1 aliphatic rings. The summed E-state index contributed by atoms with van der Waals surface area (Å²) >= 11 is 0. The molecule has 1 amide bonds. The molecule has 10 nitrogen and oxygen atoms in total. The summed E-state index contributed by atoms with van der Waals surface area (Å²) in [6, 6.07) is 31.7. The quantitative estimate of drug-likeness (QED) is 0.0757.